The molecule has 0 bridgehead atoms. The van der Waals surface area contributed by atoms with Gasteiger partial charge in [-0.2, -0.15) is 0 Å². The first kappa shape index (κ1) is 17.2. The number of hydrogen-bond donors (Lipinski definition) is 0. The summed E-state index contributed by atoms with van der Waals surface area (Å²) in [6, 6.07) is 3.24. The number of hydroxylamine groups is 2. The van der Waals surface area contributed by atoms with Crippen molar-refractivity contribution < 1.29 is 14.4 Å². The number of carbonyl (C=O) groups is 1. The van der Waals surface area contributed by atoms with Gasteiger partial charge in [-0.05, 0) is 40.7 Å². The Kier molecular flexibility index (Phi) is 4.80. The van der Waals surface area contributed by atoms with Crippen LogP contribution in [-0.4, -0.2) is 29.5 Å². The van der Waals surface area contributed by atoms with E-state index in [0.29, 0.717) is 21.5 Å². The molecule has 7 heteroatoms. The normalized spacial score (nSPS) is 16.4. The molecule has 0 radical (unpaired) electrons. The smallest absolute Gasteiger partial charge is 0.434 e. The van der Waals surface area contributed by atoms with Crippen LogP contribution in [-0.2, 0) is 4.84 Å². The second-order valence-corrected chi connectivity index (χ2v) is 7.19. The molecule has 0 spiro atoms. The van der Waals surface area contributed by atoms with Gasteiger partial charge in [0.05, 0.1) is 27.4 Å². The number of nitrogens with zero attached hydrogens (tertiary/aromatic N) is 2. The maximum atomic E-state index is 12.1. The van der Waals surface area contributed by atoms with E-state index in [9.17, 15) is 4.79 Å². The van der Waals surface area contributed by atoms with Crippen molar-refractivity contribution in [2.24, 2.45) is 0 Å². The predicted molar refractivity (Wildman–Crippen MR) is 87.6 cm³/mol. The van der Waals surface area contributed by atoms with Gasteiger partial charge >= 0.3 is 6.09 Å². The number of anilines is 1. The van der Waals surface area contributed by atoms with E-state index in [1.165, 1.54) is 4.90 Å². The van der Waals surface area contributed by atoms with Crippen LogP contribution in [0.3, 0.4) is 0 Å². The monoisotopic (exact) mass is 346 g/mol. The van der Waals surface area contributed by atoms with Crippen molar-refractivity contribution in [2.75, 3.05) is 11.6 Å². The van der Waals surface area contributed by atoms with Crippen molar-refractivity contribution in [3.05, 3.63) is 22.2 Å². The molecule has 0 aliphatic carbocycles. The van der Waals surface area contributed by atoms with Gasteiger partial charge < -0.3 is 9.57 Å². The fraction of sp³-hybridized carbons (Fsp3) is 0.533. The third-order valence-corrected chi connectivity index (χ3v) is 3.68. The van der Waals surface area contributed by atoms with Crippen LogP contribution in [0.5, 0.6) is 5.75 Å². The number of benzene rings is 1. The molecule has 0 aromatic heterocycles. The molecule has 0 unspecified atom stereocenters. The van der Waals surface area contributed by atoms with Gasteiger partial charge in [0, 0.05) is 6.07 Å². The first-order valence-electron chi connectivity index (χ1n) is 7.02. The summed E-state index contributed by atoms with van der Waals surface area (Å²) in [7, 11) is 0. The third-order valence-electron chi connectivity index (χ3n) is 3.08. The number of rotatable bonds is 3. The molecule has 1 heterocycles. The number of amides is 1. The lowest BCUT2D eigenvalue weighted by atomic mass is 10.1. The zero-order valence-corrected chi connectivity index (χ0v) is 14.8. The van der Waals surface area contributed by atoms with E-state index in [1.54, 1.807) is 17.2 Å². The van der Waals surface area contributed by atoms with E-state index in [0.717, 1.165) is 0 Å². The average molecular weight is 347 g/mol. The van der Waals surface area contributed by atoms with Gasteiger partial charge in [-0.3, -0.25) is 4.90 Å². The standard InChI is InChI=1S/C15H20Cl2N2O3/c1-9(2)21-13-7-12(10(16)6-11(13)17)18-8-19(15(3,4)5)22-14(18)20/h6-7,9H,8H2,1-5H3. The number of ether oxygens (including phenoxy) is 1. The van der Waals surface area contributed by atoms with Crippen molar-refractivity contribution in [3.63, 3.8) is 0 Å². The Labute approximate surface area is 140 Å². The second-order valence-electron chi connectivity index (χ2n) is 6.38. The van der Waals surface area contributed by atoms with Crippen LogP contribution in [0.2, 0.25) is 10.0 Å². The van der Waals surface area contributed by atoms with Gasteiger partial charge in [0.25, 0.3) is 0 Å². The van der Waals surface area contributed by atoms with Crippen molar-refractivity contribution in [1.29, 1.82) is 0 Å². The molecule has 1 saturated heterocycles. The molecule has 1 aliphatic rings. The van der Waals surface area contributed by atoms with Gasteiger partial charge in [-0.1, -0.05) is 23.2 Å². The summed E-state index contributed by atoms with van der Waals surface area (Å²) in [6.07, 6.45) is -0.516. The summed E-state index contributed by atoms with van der Waals surface area (Å²) >= 11 is 12.4. The lowest BCUT2D eigenvalue weighted by molar-refractivity contribution is -0.125. The van der Waals surface area contributed by atoms with Crippen LogP contribution in [0.15, 0.2) is 12.1 Å². The molecule has 2 rings (SSSR count). The molecule has 1 aromatic carbocycles. The first-order valence-corrected chi connectivity index (χ1v) is 7.78. The number of carbonyl (C=O) groups excluding carboxylic acids is 1. The van der Waals surface area contributed by atoms with Crippen LogP contribution < -0.4 is 9.64 Å². The van der Waals surface area contributed by atoms with Crippen LogP contribution in [0, 0.1) is 0 Å². The summed E-state index contributed by atoms with van der Waals surface area (Å²) < 4.78 is 5.65. The highest BCUT2D eigenvalue weighted by atomic mass is 35.5. The molecule has 1 fully saturated rings. The Bertz CT molecular complexity index is 585. The third kappa shape index (κ3) is 3.59. The number of halogens is 2. The lowest BCUT2D eigenvalue weighted by Crippen LogP contribution is -2.39. The molecular formula is C15H20Cl2N2O3. The molecule has 5 nitrogen and oxygen atoms in total. The van der Waals surface area contributed by atoms with Crippen LogP contribution in [0.1, 0.15) is 34.6 Å². The minimum Gasteiger partial charge on any atom is -0.489 e. The first-order chi connectivity index (χ1) is 10.1. The Hall–Kier alpha value is -1.17. The summed E-state index contributed by atoms with van der Waals surface area (Å²) in [5.74, 6) is 0.484. The predicted octanol–water partition coefficient (Wildman–Crippen LogP) is 4.71. The molecule has 0 atom stereocenters. The summed E-state index contributed by atoms with van der Waals surface area (Å²) in [5.41, 5.74) is 0.207. The largest absolute Gasteiger partial charge is 0.489 e. The van der Waals surface area contributed by atoms with Gasteiger partial charge in [-0.15, -0.1) is 5.06 Å². The van der Waals surface area contributed by atoms with Gasteiger partial charge in [0.1, 0.15) is 12.4 Å². The summed E-state index contributed by atoms with van der Waals surface area (Å²) in [4.78, 5) is 18.9. The zero-order valence-electron chi connectivity index (χ0n) is 13.3. The molecule has 0 saturated carbocycles. The van der Waals surface area contributed by atoms with E-state index in [-0.39, 0.29) is 18.3 Å². The maximum absolute atomic E-state index is 12.1. The van der Waals surface area contributed by atoms with Crippen molar-refractivity contribution >= 4 is 35.0 Å². The number of hydrogen-bond acceptors (Lipinski definition) is 4. The van der Waals surface area contributed by atoms with E-state index in [2.05, 4.69) is 0 Å². The van der Waals surface area contributed by atoms with E-state index in [4.69, 9.17) is 32.8 Å². The molecule has 22 heavy (non-hydrogen) atoms. The highest BCUT2D eigenvalue weighted by Crippen LogP contribution is 2.38. The molecule has 1 amide bonds. The Balaban J connectivity index is 2.34. The average Bonchev–Trinajstić information content (AvgIpc) is 2.74. The Morgan fingerprint density at radius 2 is 1.86 bits per heavy atom. The molecule has 1 aromatic rings. The van der Waals surface area contributed by atoms with E-state index < -0.39 is 6.09 Å². The topological polar surface area (TPSA) is 42.0 Å². The highest BCUT2D eigenvalue weighted by Gasteiger charge is 2.38. The SMILES string of the molecule is CC(C)Oc1cc(N2CN(C(C)(C)C)OC2=O)c(Cl)cc1Cl. The van der Waals surface area contributed by atoms with Gasteiger partial charge in [0.2, 0.25) is 0 Å². The highest BCUT2D eigenvalue weighted by molar-refractivity contribution is 6.37. The molecular weight excluding hydrogens is 327 g/mol. The zero-order chi connectivity index (χ0) is 16.7. The Morgan fingerprint density at radius 1 is 1.23 bits per heavy atom. The lowest BCUT2D eigenvalue weighted by Gasteiger charge is -2.27. The van der Waals surface area contributed by atoms with E-state index >= 15 is 0 Å². The van der Waals surface area contributed by atoms with Gasteiger partial charge in [0.15, 0.2) is 0 Å². The fourth-order valence-electron chi connectivity index (χ4n) is 1.95. The molecule has 1 aliphatic heterocycles. The summed E-state index contributed by atoms with van der Waals surface area (Å²) in [5, 5.41) is 2.37. The van der Waals surface area contributed by atoms with Crippen molar-refractivity contribution in [1.82, 2.24) is 5.06 Å². The molecule has 122 valence electrons. The van der Waals surface area contributed by atoms with E-state index in [1.807, 2.05) is 34.6 Å². The van der Waals surface area contributed by atoms with Crippen molar-refractivity contribution in [3.8, 4) is 5.75 Å². The van der Waals surface area contributed by atoms with Gasteiger partial charge in [-0.25, -0.2) is 4.79 Å². The maximum Gasteiger partial charge on any atom is 0.434 e. The minimum absolute atomic E-state index is 0.0388. The molecule has 0 N–H and O–H groups in total. The van der Waals surface area contributed by atoms with Crippen LogP contribution in [0.4, 0.5) is 10.5 Å². The van der Waals surface area contributed by atoms with Crippen LogP contribution in [0.25, 0.3) is 0 Å². The quantitative estimate of drug-likeness (QED) is 0.794. The Morgan fingerprint density at radius 3 is 2.36 bits per heavy atom. The second kappa shape index (κ2) is 6.14. The summed E-state index contributed by atoms with van der Waals surface area (Å²) in [6.45, 7) is 9.96. The van der Waals surface area contributed by atoms with Crippen molar-refractivity contribution in [2.45, 2.75) is 46.3 Å². The fourth-order valence-corrected chi connectivity index (χ4v) is 2.48. The minimum atomic E-state index is -0.477. The van der Waals surface area contributed by atoms with Crippen LogP contribution >= 0.6 is 23.2 Å².